The van der Waals surface area contributed by atoms with Crippen molar-refractivity contribution in [2.75, 3.05) is 6.54 Å². The zero-order valence-corrected chi connectivity index (χ0v) is 15.5. The van der Waals surface area contributed by atoms with Gasteiger partial charge in [-0.1, -0.05) is 18.2 Å². The summed E-state index contributed by atoms with van der Waals surface area (Å²) in [6.45, 7) is 2.89. The number of hydrogen-bond acceptors (Lipinski definition) is 1. The number of aromatic nitrogens is 1. The van der Waals surface area contributed by atoms with Crippen molar-refractivity contribution in [3.05, 3.63) is 65.6 Å². The molecule has 4 heteroatoms. The van der Waals surface area contributed by atoms with Crippen molar-refractivity contribution in [1.29, 1.82) is 0 Å². The van der Waals surface area contributed by atoms with Gasteiger partial charge in [-0.2, -0.15) is 0 Å². The zero-order chi connectivity index (χ0) is 18.5. The number of piperidine rings is 1. The number of carbonyl (C=O) groups is 1. The molecule has 2 saturated heterocycles. The minimum Gasteiger partial charge on any atom is -0.340 e. The quantitative estimate of drug-likeness (QED) is 0.633. The van der Waals surface area contributed by atoms with Gasteiger partial charge in [0.1, 0.15) is 5.82 Å². The van der Waals surface area contributed by atoms with E-state index in [1.54, 1.807) is 0 Å². The molecule has 0 aliphatic carbocycles. The first kappa shape index (κ1) is 16.5. The lowest BCUT2D eigenvalue weighted by Crippen LogP contribution is -2.39. The van der Waals surface area contributed by atoms with E-state index in [4.69, 9.17) is 0 Å². The summed E-state index contributed by atoms with van der Waals surface area (Å²) >= 11 is 0. The second-order valence-electron chi connectivity index (χ2n) is 7.91. The summed E-state index contributed by atoms with van der Waals surface area (Å²) in [4.78, 5) is 14.0. The van der Waals surface area contributed by atoms with Crippen LogP contribution < -0.4 is 0 Å². The van der Waals surface area contributed by atoms with Gasteiger partial charge in [0.2, 0.25) is 5.91 Å². The summed E-state index contributed by atoms with van der Waals surface area (Å²) in [6, 6.07) is 14.2. The van der Waals surface area contributed by atoms with Crippen LogP contribution in [0.5, 0.6) is 0 Å². The monoisotopic (exact) mass is 362 g/mol. The number of hydrogen-bond donors (Lipinski definition) is 0. The highest BCUT2D eigenvalue weighted by Gasteiger charge is 2.36. The van der Waals surface area contributed by atoms with Crippen molar-refractivity contribution < 1.29 is 9.18 Å². The summed E-state index contributed by atoms with van der Waals surface area (Å²) in [5.41, 5.74) is 4.39. The van der Waals surface area contributed by atoms with Gasteiger partial charge in [-0.05, 0) is 67.5 Å². The lowest BCUT2D eigenvalue weighted by atomic mass is 9.85. The average Bonchev–Trinajstić information content (AvgIpc) is 3.30. The summed E-state index contributed by atoms with van der Waals surface area (Å²) in [6.07, 6.45) is 5.73. The summed E-state index contributed by atoms with van der Waals surface area (Å²) in [5.74, 6) is 0.629. The van der Waals surface area contributed by atoms with Crippen molar-refractivity contribution >= 4 is 16.8 Å². The van der Waals surface area contributed by atoms with Crippen LogP contribution in [0.3, 0.4) is 0 Å². The Labute approximate surface area is 158 Å². The second-order valence-corrected chi connectivity index (χ2v) is 7.91. The third-order valence-corrected chi connectivity index (χ3v) is 6.34. The molecule has 0 N–H and O–H groups in total. The summed E-state index contributed by atoms with van der Waals surface area (Å²) in [5, 5.41) is 0.665. The van der Waals surface area contributed by atoms with E-state index in [-0.39, 0.29) is 5.82 Å². The van der Waals surface area contributed by atoms with E-state index in [1.165, 1.54) is 11.6 Å². The third kappa shape index (κ3) is 2.66. The number of benzene rings is 2. The van der Waals surface area contributed by atoms with Crippen LogP contribution in [0.1, 0.15) is 42.7 Å². The van der Waals surface area contributed by atoms with Gasteiger partial charge in [0.15, 0.2) is 0 Å². The maximum Gasteiger partial charge on any atom is 0.222 e. The van der Waals surface area contributed by atoms with Gasteiger partial charge in [0, 0.05) is 36.3 Å². The maximum atomic E-state index is 14.2. The Bertz CT molecular complexity index is 1040. The Hall–Kier alpha value is -2.62. The number of rotatable bonds is 2. The van der Waals surface area contributed by atoms with E-state index in [2.05, 4.69) is 33.7 Å². The number of carbonyl (C=O) groups excluding carboxylic acids is 1. The molecule has 0 saturated carbocycles. The normalized spacial score (nSPS) is 22.4. The highest BCUT2D eigenvalue weighted by molar-refractivity contribution is 5.85. The van der Waals surface area contributed by atoms with Crippen LogP contribution in [-0.4, -0.2) is 28.0 Å². The summed E-state index contributed by atoms with van der Waals surface area (Å²) in [7, 11) is 0. The molecule has 0 bridgehead atoms. The molecule has 27 heavy (non-hydrogen) atoms. The molecule has 1 amide bonds. The molecule has 2 aliphatic heterocycles. The first-order valence-corrected chi connectivity index (χ1v) is 9.78. The van der Waals surface area contributed by atoms with E-state index in [9.17, 15) is 9.18 Å². The number of amides is 1. The molecule has 2 fully saturated rings. The first-order valence-electron chi connectivity index (χ1n) is 9.78. The van der Waals surface area contributed by atoms with Gasteiger partial charge in [-0.3, -0.25) is 4.79 Å². The number of aryl methyl sites for hydroxylation is 1. The van der Waals surface area contributed by atoms with E-state index >= 15 is 0 Å². The topological polar surface area (TPSA) is 25.2 Å². The number of fused-ring (bicyclic) bond motifs is 2. The van der Waals surface area contributed by atoms with Crippen LogP contribution in [0.15, 0.2) is 48.7 Å². The first-order chi connectivity index (χ1) is 13.1. The standard InChI is InChI=1S/C23H23FN2O/c1-15-5-7-21(24)20-10-12-26(23(15)20)18-4-2-3-16(13-18)17-9-11-25-19(14-17)6-8-22(25)27/h2-5,7,10,12-13,17,19H,6,8-9,11,14H2,1H3. The van der Waals surface area contributed by atoms with Gasteiger partial charge >= 0.3 is 0 Å². The van der Waals surface area contributed by atoms with Crippen molar-refractivity contribution in [2.24, 2.45) is 0 Å². The molecule has 0 radical (unpaired) electrons. The van der Waals surface area contributed by atoms with Crippen molar-refractivity contribution in [3.63, 3.8) is 0 Å². The maximum absolute atomic E-state index is 14.2. The van der Waals surface area contributed by atoms with Crippen molar-refractivity contribution in [2.45, 2.75) is 44.6 Å². The highest BCUT2D eigenvalue weighted by atomic mass is 19.1. The fourth-order valence-corrected chi connectivity index (χ4v) is 4.93. The van der Waals surface area contributed by atoms with Crippen molar-refractivity contribution in [3.8, 4) is 5.69 Å². The zero-order valence-electron chi connectivity index (χ0n) is 15.5. The van der Waals surface area contributed by atoms with Crippen LogP contribution in [0, 0.1) is 12.7 Å². The van der Waals surface area contributed by atoms with E-state index in [0.717, 1.165) is 42.6 Å². The molecule has 3 nitrogen and oxygen atoms in total. The molecular weight excluding hydrogens is 339 g/mol. The lowest BCUT2D eigenvalue weighted by molar-refractivity contribution is -0.129. The molecule has 3 aromatic rings. The van der Waals surface area contributed by atoms with Gasteiger partial charge in [-0.25, -0.2) is 4.39 Å². The molecule has 5 rings (SSSR count). The van der Waals surface area contributed by atoms with Crippen LogP contribution in [0.2, 0.25) is 0 Å². The minimum atomic E-state index is -0.177. The Kier molecular flexibility index (Phi) is 3.81. The molecule has 138 valence electrons. The molecule has 1 aromatic heterocycles. The van der Waals surface area contributed by atoms with Gasteiger partial charge < -0.3 is 9.47 Å². The molecular formula is C23H23FN2O. The molecule has 2 aliphatic rings. The fourth-order valence-electron chi connectivity index (χ4n) is 4.93. The van der Waals surface area contributed by atoms with Crippen LogP contribution in [0.4, 0.5) is 4.39 Å². The predicted molar refractivity (Wildman–Crippen MR) is 105 cm³/mol. The smallest absolute Gasteiger partial charge is 0.222 e. The SMILES string of the molecule is Cc1ccc(F)c2ccn(-c3cccc(C4CCN5C(=O)CCC5C4)c3)c12. The Morgan fingerprint density at radius 2 is 2.00 bits per heavy atom. The van der Waals surface area contributed by atoms with E-state index < -0.39 is 0 Å². The molecule has 3 heterocycles. The lowest BCUT2D eigenvalue weighted by Gasteiger charge is -2.35. The Morgan fingerprint density at radius 1 is 1.11 bits per heavy atom. The van der Waals surface area contributed by atoms with Crippen LogP contribution in [0.25, 0.3) is 16.6 Å². The number of halogens is 1. The fraction of sp³-hybridized carbons (Fsp3) is 0.348. The average molecular weight is 362 g/mol. The molecule has 2 atom stereocenters. The predicted octanol–water partition coefficient (Wildman–Crippen LogP) is 4.95. The van der Waals surface area contributed by atoms with Gasteiger partial charge in [0.05, 0.1) is 5.52 Å². The highest BCUT2D eigenvalue weighted by Crippen LogP contribution is 2.37. The molecule has 0 spiro atoms. The summed E-state index contributed by atoms with van der Waals surface area (Å²) < 4.78 is 16.3. The second kappa shape index (κ2) is 6.22. The third-order valence-electron chi connectivity index (χ3n) is 6.34. The van der Waals surface area contributed by atoms with Crippen LogP contribution in [-0.2, 0) is 4.79 Å². The van der Waals surface area contributed by atoms with E-state index in [0.29, 0.717) is 29.7 Å². The minimum absolute atomic E-state index is 0.177. The molecule has 2 aromatic carbocycles. The largest absolute Gasteiger partial charge is 0.340 e. The van der Waals surface area contributed by atoms with Gasteiger partial charge in [-0.15, -0.1) is 0 Å². The Balaban J connectivity index is 1.50. The van der Waals surface area contributed by atoms with Crippen molar-refractivity contribution in [1.82, 2.24) is 9.47 Å². The Morgan fingerprint density at radius 3 is 2.89 bits per heavy atom. The molecule has 2 unspecified atom stereocenters. The van der Waals surface area contributed by atoms with Crippen LogP contribution >= 0.6 is 0 Å². The number of nitrogens with zero attached hydrogens (tertiary/aromatic N) is 2. The van der Waals surface area contributed by atoms with Gasteiger partial charge in [0.25, 0.3) is 0 Å². The van der Waals surface area contributed by atoms with E-state index in [1.807, 2.05) is 25.3 Å².